The normalized spacial score (nSPS) is 10.7. The van der Waals surface area contributed by atoms with Gasteiger partial charge in [0.1, 0.15) is 22.4 Å². The Bertz CT molecular complexity index is 850. The van der Waals surface area contributed by atoms with E-state index >= 15 is 0 Å². The second kappa shape index (κ2) is 5.02. The van der Waals surface area contributed by atoms with E-state index in [9.17, 15) is 9.59 Å². The summed E-state index contributed by atoms with van der Waals surface area (Å²) in [6.07, 6.45) is 1.36. The van der Waals surface area contributed by atoms with Gasteiger partial charge < -0.3 is 14.8 Å². The SMILES string of the molecule is Cc1nsc(NC(=O)c2coc3ccccc23)c1C(=O)O. The molecule has 0 atom stereocenters. The number of nitrogens with one attached hydrogen (secondary N) is 1. The number of furan rings is 1. The maximum atomic E-state index is 12.3. The number of amides is 1. The van der Waals surface area contributed by atoms with Gasteiger partial charge in [-0.3, -0.25) is 4.79 Å². The fraction of sp³-hybridized carbons (Fsp3) is 0.0714. The molecule has 0 radical (unpaired) electrons. The van der Waals surface area contributed by atoms with Crippen LogP contribution in [0.2, 0.25) is 0 Å². The molecule has 0 aliphatic carbocycles. The van der Waals surface area contributed by atoms with Crippen molar-refractivity contribution in [3.63, 3.8) is 0 Å². The van der Waals surface area contributed by atoms with Crippen LogP contribution >= 0.6 is 11.5 Å². The van der Waals surface area contributed by atoms with Gasteiger partial charge in [-0.25, -0.2) is 4.79 Å². The molecular formula is C14H10N2O4S. The van der Waals surface area contributed by atoms with Gasteiger partial charge in [-0.05, 0) is 24.5 Å². The number of para-hydroxylation sites is 1. The van der Waals surface area contributed by atoms with Crippen LogP contribution in [-0.4, -0.2) is 21.4 Å². The molecule has 0 aliphatic heterocycles. The number of carbonyl (C=O) groups is 2. The third-order valence-corrected chi connectivity index (χ3v) is 3.88. The molecule has 0 aliphatic rings. The first-order chi connectivity index (χ1) is 10.1. The Labute approximate surface area is 123 Å². The first kappa shape index (κ1) is 13.3. The van der Waals surface area contributed by atoms with E-state index in [1.54, 1.807) is 25.1 Å². The number of anilines is 1. The summed E-state index contributed by atoms with van der Waals surface area (Å²) >= 11 is 0.942. The number of aromatic carboxylic acids is 1. The van der Waals surface area contributed by atoms with Crippen LogP contribution in [0.4, 0.5) is 5.00 Å². The van der Waals surface area contributed by atoms with Crippen molar-refractivity contribution >= 4 is 39.4 Å². The number of carbonyl (C=O) groups excluding carboxylic acids is 1. The van der Waals surface area contributed by atoms with Crippen LogP contribution in [0.1, 0.15) is 26.4 Å². The van der Waals surface area contributed by atoms with E-state index in [1.807, 2.05) is 6.07 Å². The molecule has 0 fully saturated rings. The second-order valence-electron chi connectivity index (χ2n) is 4.38. The van der Waals surface area contributed by atoms with Crippen molar-refractivity contribution in [2.24, 2.45) is 0 Å². The quantitative estimate of drug-likeness (QED) is 0.775. The van der Waals surface area contributed by atoms with Crippen LogP contribution in [0.25, 0.3) is 11.0 Å². The first-order valence-electron chi connectivity index (χ1n) is 6.05. The lowest BCUT2D eigenvalue weighted by molar-refractivity contribution is 0.0697. The van der Waals surface area contributed by atoms with Gasteiger partial charge in [0.2, 0.25) is 0 Å². The van der Waals surface area contributed by atoms with Crippen molar-refractivity contribution in [1.82, 2.24) is 4.37 Å². The van der Waals surface area contributed by atoms with Gasteiger partial charge >= 0.3 is 5.97 Å². The Morgan fingerprint density at radius 1 is 1.33 bits per heavy atom. The van der Waals surface area contributed by atoms with Crippen molar-refractivity contribution in [2.45, 2.75) is 6.92 Å². The van der Waals surface area contributed by atoms with E-state index in [4.69, 9.17) is 9.52 Å². The number of hydrogen-bond acceptors (Lipinski definition) is 5. The number of nitrogens with zero attached hydrogens (tertiary/aromatic N) is 1. The molecule has 2 heterocycles. The van der Waals surface area contributed by atoms with E-state index in [0.29, 0.717) is 22.2 Å². The monoisotopic (exact) mass is 302 g/mol. The van der Waals surface area contributed by atoms with E-state index in [1.165, 1.54) is 6.26 Å². The fourth-order valence-electron chi connectivity index (χ4n) is 2.03. The average Bonchev–Trinajstić information content (AvgIpc) is 3.02. The summed E-state index contributed by atoms with van der Waals surface area (Å²) in [5.74, 6) is -1.54. The first-order valence-corrected chi connectivity index (χ1v) is 6.82. The Hall–Kier alpha value is -2.67. The molecule has 0 unspecified atom stereocenters. The summed E-state index contributed by atoms with van der Waals surface area (Å²) in [5.41, 5.74) is 1.34. The summed E-state index contributed by atoms with van der Waals surface area (Å²) in [6, 6.07) is 7.13. The average molecular weight is 302 g/mol. The Kier molecular flexibility index (Phi) is 3.19. The topological polar surface area (TPSA) is 92.4 Å². The molecule has 0 saturated heterocycles. The Balaban J connectivity index is 1.96. The molecule has 6 nitrogen and oxygen atoms in total. The molecule has 21 heavy (non-hydrogen) atoms. The number of aryl methyl sites for hydroxylation is 1. The number of rotatable bonds is 3. The van der Waals surface area contributed by atoms with Crippen molar-refractivity contribution in [3.05, 3.63) is 47.3 Å². The molecule has 106 valence electrons. The van der Waals surface area contributed by atoms with Crippen molar-refractivity contribution in [1.29, 1.82) is 0 Å². The molecule has 0 bridgehead atoms. The highest BCUT2D eigenvalue weighted by molar-refractivity contribution is 7.11. The minimum atomic E-state index is -1.12. The number of carboxylic acid groups (broad SMARTS) is 1. The minimum absolute atomic E-state index is 0.0150. The molecule has 2 aromatic heterocycles. The van der Waals surface area contributed by atoms with E-state index in [2.05, 4.69) is 9.69 Å². The summed E-state index contributed by atoms with van der Waals surface area (Å²) in [7, 11) is 0. The van der Waals surface area contributed by atoms with Crippen LogP contribution in [-0.2, 0) is 0 Å². The van der Waals surface area contributed by atoms with Crippen LogP contribution in [0.5, 0.6) is 0 Å². The van der Waals surface area contributed by atoms with Gasteiger partial charge in [0.15, 0.2) is 0 Å². The summed E-state index contributed by atoms with van der Waals surface area (Å²) in [6.45, 7) is 1.59. The van der Waals surface area contributed by atoms with Crippen LogP contribution in [0, 0.1) is 6.92 Å². The summed E-state index contributed by atoms with van der Waals surface area (Å²) in [5, 5.41) is 12.6. The van der Waals surface area contributed by atoms with E-state index in [0.717, 1.165) is 11.5 Å². The lowest BCUT2D eigenvalue weighted by atomic mass is 10.1. The highest BCUT2D eigenvalue weighted by Gasteiger charge is 2.21. The fourth-order valence-corrected chi connectivity index (χ4v) is 2.82. The number of fused-ring (bicyclic) bond motifs is 1. The lowest BCUT2D eigenvalue weighted by Gasteiger charge is -2.02. The standard InChI is InChI=1S/C14H10N2O4S/c1-7-11(14(18)19)13(21-16-7)15-12(17)9-6-20-10-5-3-2-4-8(9)10/h2-6H,1H3,(H,15,17)(H,18,19). The third-order valence-electron chi connectivity index (χ3n) is 3.03. The highest BCUT2D eigenvalue weighted by atomic mass is 32.1. The Morgan fingerprint density at radius 2 is 2.10 bits per heavy atom. The predicted molar refractivity (Wildman–Crippen MR) is 78.0 cm³/mol. The van der Waals surface area contributed by atoms with Gasteiger partial charge in [-0.2, -0.15) is 4.37 Å². The van der Waals surface area contributed by atoms with Gasteiger partial charge in [0, 0.05) is 5.39 Å². The zero-order chi connectivity index (χ0) is 15.0. The largest absolute Gasteiger partial charge is 0.478 e. The lowest BCUT2D eigenvalue weighted by Crippen LogP contribution is -2.13. The summed E-state index contributed by atoms with van der Waals surface area (Å²) in [4.78, 5) is 23.5. The molecular weight excluding hydrogens is 292 g/mol. The smallest absolute Gasteiger partial charge is 0.340 e. The zero-order valence-electron chi connectivity index (χ0n) is 10.9. The maximum absolute atomic E-state index is 12.3. The van der Waals surface area contributed by atoms with Gasteiger partial charge in [0.25, 0.3) is 5.91 Å². The zero-order valence-corrected chi connectivity index (χ0v) is 11.7. The van der Waals surface area contributed by atoms with Gasteiger partial charge in [-0.1, -0.05) is 18.2 Å². The second-order valence-corrected chi connectivity index (χ2v) is 5.15. The molecule has 3 rings (SSSR count). The van der Waals surface area contributed by atoms with Crippen LogP contribution < -0.4 is 5.32 Å². The number of benzene rings is 1. The maximum Gasteiger partial charge on any atom is 0.340 e. The van der Waals surface area contributed by atoms with Crippen molar-refractivity contribution in [2.75, 3.05) is 5.32 Å². The van der Waals surface area contributed by atoms with Crippen molar-refractivity contribution in [3.8, 4) is 0 Å². The van der Waals surface area contributed by atoms with Gasteiger partial charge in [0.05, 0.1) is 11.3 Å². The molecule has 3 aromatic rings. The minimum Gasteiger partial charge on any atom is -0.478 e. The molecule has 2 N–H and O–H groups in total. The third kappa shape index (κ3) is 2.27. The van der Waals surface area contributed by atoms with Crippen LogP contribution in [0.3, 0.4) is 0 Å². The number of hydrogen-bond donors (Lipinski definition) is 2. The molecule has 1 aromatic carbocycles. The van der Waals surface area contributed by atoms with Crippen LogP contribution in [0.15, 0.2) is 34.9 Å². The highest BCUT2D eigenvalue weighted by Crippen LogP contribution is 2.27. The van der Waals surface area contributed by atoms with Crippen molar-refractivity contribution < 1.29 is 19.1 Å². The number of carboxylic acids is 1. The number of aromatic nitrogens is 1. The molecule has 0 saturated carbocycles. The predicted octanol–water partition coefficient (Wildman–Crippen LogP) is 3.15. The van der Waals surface area contributed by atoms with E-state index in [-0.39, 0.29) is 10.6 Å². The Morgan fingerprint density at radius 3 is 2.86 bits per heavy atom. The molecule has 7 heteroatoms. The molecule has 0 spiro atoms. The van der Waals surface area contributed by atoms with Gasteiger partial charge in [-0.15, -0.1) is 0 Å². The van der Waals surface area contributed by atoms with E-state index < -0.39 is 11.9 Å². The molecule has 1 amide bonds. The summed E-state index contributed by atoms with van der Waals surface area (Å²) < 4.78 is 9.26.